The van der Waals surface area contributed by atoms with Crippen molar-refractivity contribution in [1.82, 2.24) is 0 Å². The predicted octanol–water partition coefficient (Wildman–Crippen LogP) is 2.62. The van der Waals surface area contributed by atoms with Crippen molar-refractivity contribution in [2.45, 2.75) is 6.42 Å². The van der Waals surface area contributed by atoms with E-state index in [1.807, 2.05) is 0 Å². The summed E-state index contributed by atoms with van der Waals surface area (Å²) in [6.45, 7) is -0.0168. The molecule has 1 aliphatic rings. The standard InChI is InChI=1S/C11H9Cl2F2NO2/c12-6-2-7(11(15)9(13)10(6)14)16-3-5(4-17)1-8(16)18/h2,5,17H,1,3-4H2. The summed E-state index contributed by atoms with van der Waals surface area (Å²) in [6, 6.07) is 1.02. The highest BCUT2D eigenvalue weighted by atomic mass is 35.5. The van der Waals surface area contributed by atoms with Gasteiger partial charge in [0.25, 0.3) is 0 Å². The van der Waals surface area contributed by atoms with E-state index in [9.17, 15) is 13.6 Å². The van der Waals surface area contributed by atoms with Crippen LogP contribution >= 0.6 is 23.2 Å². The zero-order valence-electron chi connectivity index (χ0n) is 9.09. The molecule has 1 amide bonds. The van der Waals surface area contributed by atoms with Crippen molar-refractivity contribution < 1.29 is 18.7 Å². The van der Waals surface area contributed by atoms with Gasteiger partial charge in [0.05, 0.1) is 10.7 Å². The van der Waals surface area contributed by atoms with Gasteiger partial charge in [0.15, 0.2) is 11.6 Å². The molecule has 1 unspecified atom stereocenters. The van der Waals surface area contributed by atoms with Crippen molar-refractivity contribution in [3.05, 3.63) is 27.7 Å². The molecule has 2 rings (SSSR count). The van der Waals surface area contributed by atoms with E-state index in [0.29, 0.717) is 0 Å². The molecule has 0 aromatic heterocycles. The number of nitrogens with zero attached hydrogens (tertiary/aromatic N) is 1. The van der Waals surface area contributed by atoms with Crippen LogP contribution < -0.4 is 4.90 Å². The normalized spacial score (nSPS) is 19.7. The summed E-state index contributed by atoms with van der Waals surface area (Å²) < 4.78 is 27.1. The summed E-state index contributed by atoms with van der Waals surface area (Å²) in [6.07, 6.45) is 0.114. The van der Waals surface area contributed by atoms with Crippen LogP contribution in [0.4, 0.5) is 14.5 Å². The van der Waals surface area contributed by atoms with E-state index in [1.54, 1.807) is 0 Å². The van der Waals surface area contributed by atoms with Gasteiger partial charge in [0, 0.05) is 25.5 Å². The zero-order valence-corrected chi connectivity index (χ0v) is 10.6. The van der Waals surface area contributed by atoms with Gasteiger partial charge >= 0.3 is 0 Å². The molecule has 0 aliphatic carbocycles. The Labute approximate surface area is 112 Å². The maximum atomic E-state index is 13.8. The Hall–Kier alpha value is -0.910. The Balaban J connectivity index is 2.43. The van der Waals surface area contributed by atoms with Crippen molar-refractivity contribution in [1.29, 1.82) is 0 Å². The predicted molar refractivity (Wildman–Crippen MR) is 63.9 cm³/mol. The van der Waals surface area contributed by atoms with Gasteiger partial charge in [-0.2, -0.15) is 0 Å². The summed E-state index contributed by atoms with van der Waals surface area (Å²) in [5.41, 5.74) is -0.160. The highest BCUT2D eigenvalue weighted by molar-refractivity contribution is 6.35. The van der Waals surface area contributed by atoms with E-state index in [2.05, 4.69) is 0 Å². The molecule has 98 valence electrons. The van der Waals surface area contributed by atoms with Crippen LogP contribution in [0.1, 0.15) is 6.42 Å². The van der Waals surface area contributed by atoms with Crippen LogP contribution in [0.15, 0.2) is 6.07 Å². The average Bonchev–Trinajstić information content (AvgIpc) is 2.72. The SMILES string of the molecule is O=C1CC(CO)CN1c1cc(Cl)c(F)c(Cl)c1F. The van der Waals surface area contributed by atoms with E-state index in [1.165, 1.54) is 0 Å². The van der Waals surface area contributed by atoms with Gasteiger partial charge in [-0.05, 0) is 6.07 Å². The fourth-order valence-corrected chi connectivity index (χ4v) is 2.34. The maximum Gasteiger partial charge on any atom is 0.227 e. The third kappa shape index (κ3) is 2.18. The Kier molecular flexibility index (Phi) is 3.75. The Bertz CT molecular complexity index is 510. The van der Waals surface area contributed by atoms with Crippen molar-refractivity contribution >= 4 is 34.8 Å². The molecule has 1 aromatic rings. The second kappa shape index (κ2) is 4.99. The number of aliphatic hydroxyl groups excluding tert-OH is 1. The molecule has 1 N–H and O–H groups in total. The average molecular weight is 296 g/mol. The number of amides is 1. The molecule has 1 heterocycles. The van der Waals surface area contributed by atoms with E-state index in [0.717, 1.165) is 11.0 Å². The minimum Gasteiger partial charge on any atom is -0.396 e. The lowest BCUT2D eigenvalue weighted by Crippen LogP contribution is -2.26. The molecular weight excluding hydrogens is 287 g/mol. The Morgan fingerprint density at radius 1 is 1.39 bits per heavy atom. The van der Waals surface area contributed by atoms with E-state index in [-0.39, 0.29) is 42.1 Å². The maximum absolute atomic E-state index is 13.8. The molecule has 7 heteroatoms. The highest BCUT2D eigenvalue weighted by Crippen LogP contribution is 2.36. The van der Waals surface area contributed by atoms with E-state index in [4.69, 9.17) is 28.3 Å². The minimum absolute atomic E-state index is 0.114. The van der Waals surface area contributed by atoms with E-state index >= 15 is 0 Å². The fraction of sp³-hybridized carbons (Fsp3) is 0.364. The van der Waals surface area contributed by atoms with Crippen molar-refractivity contribution in [2.75, 3.05) is 18.1 Å². The second-order valence-electron chi connectivity index (χ2n) is 4.08. The molecule has 1 aromatic carbocycles. The third-order valence-corrected chi connectivity index (χ3v) is 3.44. The van der Waals surface area contributed by atoms with E-state index < -0.39 is 16.7 Å². The van der Waals surface area contributed by atoms with Crippen LogP contribution in [0.5, 0.6) is 0 Å². The summed E-state index contributed by atoms with van der Waals surface area (Å²) in [5.74, 6) is -2.69. The lowest BCUT2D eigenvalue weighted by atomic mass is 10.1. The van der Waals surface area contributed by atoms with Gasteiger partial charge in [-0.3, -0.25) is 4.79 Å². The summed E-state index contributed by atoms with van der Waals surface area (Å²) in [4.78, 5) is 12.8. The van der Waals surface area contributed by atoms with Crippen molar-refractivity contribution in [3.8, 4) is 0 Å². The molecule has 1 aliphatic heterocycles. The summed E-state index contributed by atoms with van der Waals surface area (Å²) in [7, 11) is 0. The van der Waals surface area contributed by atoms with Crippen LogP contribution in [0.2, 0.25) is 10.0 Å². The molecule has 1 saturated heterocycles. The van der Waals surface area contributed by atoms with Gasteiger partial charge in [0.1, 0.15) is 5.02 Å². The lowest BCUT2D eigenvalue weighted by molar-refractivity contribution is -0.117. The first-order valence-electron chi connectivity index (χ1n) is 5.20. The van der Waals surface area contributed by atoms with Crippen LogP contribution in [-0.2, 0) is 4.79 Å². The number of anilines is 1. The molecule has 18 heavy (non-hydrogen) atoms. The Morgan fingerprint density at radius 2 is 2.06 bits per heavy atom. The molecule has 3 nitrogen and oxygen atoms in total. The van der Waals surface area contributed by atoms with Crippen molar-refractivity contribution in [2.24, 2.45) is 5.92 Å². The number of carbonyl (C=O) groups is 1. The fourth-order valence-electron chi connectivity index (χ4n) is 1.89. The third-order valence-electron chi connectivity index (χ3n) is 2.84. The molecule has 1 atom stereocenters. The smallest absolute Gasteiger partial charge is 0.227 e. The monoisotopic (exact) mass is 295 g/mol. The topological polar surface area (TPSA) is 40.5 Å². The number of benzene rings is 1. The molecule has 1 fully saturated rings. The number of hydrogen-bond acceptors (Lipinski definition) is 2. The van der Waals surface area contributed by atoms with Crippen LogP contribution in [-0.4, -0.2) is 24.2 Å². The lowest BCUT2D eigenvalue weighted by Gasteiger charge is -2.18. The van der Waals surface area contributed by atoms with Gasteiger partial charge in [-0.15, -0.1) is 0 Å². The van der Waals surface area contributed by atoms with Gasteiger partial charge in [-0.25, -0.2) is 8.78 Å². The minimum atomic E-state index is -1.05. The largest absolute Gasteiger partial charge is 0.396 e. The molecular formula is C11H9Cl2F2NO2. The molecule has 0 bridgehead atoms. The number of hydrogen-bond donors (Lipinski definition) is 1. The number of rotatable bonds is 2. The first-order chi connectivity index (χ1) is 8.45. The molecule has 0 spiro atoms. The van der Waals surface area contributed by atoms with Crippen LogP contribution in [0.3, 0.4) is 0 Å². The molecule has 0 saturated carbocycles. The zero-order chi connectivity index (χ0) is 13.4. The first-order valence-corrected chi connectivity index (χ1v) is 5.95. The summed E-state index contributed by atoms with van der Waals surface area (Å²) >= 11 is 11.0. The van der Waals surface area contributed by atoms with Gasteiger partial charge in [-0.1, -0.05) is 23.2 Å². The Morgan fingerprint density at radius 3 is 2.61 bits per heavy atom. The quantitative estimate of drug-likeness (QED) is 0.673. The second-order valence-corrected chi connectivity index (χ2v) is 4.86. The highest BCUT2D eigenvalue weighted by Gasteiger charge is 2.33. The number of aliphatic hydroxyl groups is 1. The van der Waals surface area contributed by atoms with Gasteiger partial charge in [0.2, 0.25) is 5.91 Å². The number of halogens is 4. The van der Waals surface area contributed by atoms with Gasteiger partial charge < -0.3 is 10.0 Å². The first kappa shape index (κ1) is 13.5. The summed E-state index contributed by atoms with van der Waals surface area (Å²) in [5, 5.41) is 7.90. The van der Waals surface area contributed by atoms with Crippen LogP contribution in [0.25, 0.3) is 0 Å². The van der Waals surface area contributed by atoms with Crippen molar-refractivity contribution in [3.63, 3.8) is 0 Å². The number of carbonyl (C=O) groups excluding carboxylic acids is 1. The molecule has 0 radical (unpaired) electrons. The van der Waals surface area contributed by atoms with Crippen LogP contribution in [0, 0.1) is 17.6 Å².